The number of carbonyl (C=O) groups excluding carboxylic acids is 1. The minimum atomic E-state index is -0.378. The smallest absolute Gasteiger partial charge is 0.355 e. The molecule has 0 aliphatic rings. The quantitative estimate of drug-likeness (QED) is 0.869. The van der Waals surface area contributed by atoms with Crippen molar-refractivity contribution in [2.75, 3.05) is 5.73 Å². The molecule has 0 amide bonds. The highest BCUT2D eigenvalue weighted by Gasteiger charge is 2.16. The number of nitrogens with zero attached hydrogens (tertiary/aromatic N) is 2. The first-order valence-corrected chi connectivity index (χ1v) is 6.52. The van der Waals surface area contributed by atoms with Crippen LogP contribution < -0.4 is 5.73 Å². The highest BCUT2D eigenvalue weighted by molar-refractivity contribution is 5.89. The molecule has 0 saturated carbocycles. The lowest BCUT2D eigenvalue weighted by Gasteiger charge is -2.12. The average Bonchev–Trinajstić information content (AvgIpc) is 2.78. The number of ether oxygens (including phenoxy) is 1. The average molecular weight is 273 g/mol. The Morgan fingerprint density at radius 2 is 2.15 bits per heavy atom. The van der Waals surface area contributed by atoms with E-state index in [9.17, 15) is 4.79 Å². The molecule has 0 aliphatic carbocycles. The van der Waals surface area contributed by atoms with Crippen LogP contribution in [0.15, 0.2) is 30.7 Å². The number of nitrogen functional groups attached to an aromatic ring is 1. The van der Waals surface area contributed by atoms with Crippen LogP contribution in [0.2, 0.25) is 0 Å². The Labute approximate surface area is 118 Å². The van der Waals surface area contributed by atoms with E-state index in [2.05, 4.69) is 4.98 Å². The Balaban J connectivity index is 2.09. The summed E-state index contributed by atoms with van der Waals surface area (Å²) in [5.74, 6) is -0.378. The lowest BCUT2D eigenvalue weighted by Crippen LogP contribution is -2.13. The molecule has 2 N–H and O–H groups in total. The fourth-order valence-corrected chi connectivity index (χ4v) is 2.01. The molecule has 0 fully saturated rings. The number of aryl methyl sites for hydroxylation is 1. The molecule has 0 radical (unpaired) electrons. The van der Waals surface area contributed by atoms with Gasteiger partial charge in [0.15, 0.2) is 0 Å². The van der Waals surface area contributed by atoms with Crippen LogP contribution in [-0.2, 0) is 11.3 Å². The second-order valence-electron chi connectivity index (χ2n) is 5.11. The van der Waals surface area contributed by atoms with Gasteiger partial charge in [0, 0.05) is 30.2 Å². The summed E-state index contributed by atoms with van der Waals surface area (Å²) >= 11 is 0. The van der Waals surface area contributed by atoms with Gasteiger partial charge in [0.25, 0.3) is 0 Å². The highest BCUT2D eigenvalue weighted by Crippen LogP contribution is 2.18. The predicted molar refractivity (Wildman–Crippen MR) is 77.3 cm³/mol. The zero-order valence-electron chi connectivity index (χ0n) is 12.0. The maximum atomic E-state index is 12.1. The summed E-state index contributed by atoms with van der Waals surface area (Å²) < 4.78 is 7.13. The summed E-state index contributed by atoms with van der Waals surface area (Å²) in [4.78, 5) is 16.2. The summed E-state index contributed by atoms with van der Waals surface area (Å²) in [6.07, 6.45) is 5.20. The first-order valence-electron chi connectivity index (χ1n) is 6.52. The first-order chi connectivity index (χ1) is 9.47. The van der Waals surface area contributed by atoms with Crippen LogP contribution in [0.1, 0.15) is 41.5 Å². The second kappa shape index (κ2) is 5.77. The first kappa shape index (κ1) is 14.1. The van der Waals surface area contributed by atoms with Crippen molar-refractivity contribution in [3.05, 3.63) is 47.5 Å². The minimum Gasteiger partial charge on any atom is -0.456 e. The van der Waals surface area contributed by atoms with Crippen molar-refractivity contribution in [2.24, 2.45) is 0 Å². The zero-order valence-corrected chi connectivity index (χ0v) is 12.0. The van der Waals surface area contributed by atoms with E-state index in [-0.39, 0.29) is 18.6 Å². The molecule has 0 aliphatic heterocycles. The maximum absolute atomic E-state index is 12.1. The van der Waals surface area contributed by atoms with Crippen LogP contribution >= 0.6 is 0 Å². The Morgan fingerprint density at radius 1 is 1.40 bits per heavy atom. The number of carbonyl (C=O) groups is 1. The molecule has 5 heteroatoms. The van der Waals surface area contributed by atoms with Crippen molar-refractivity contribution >= 4 is 11.7 Å². The van der Waals surface area contributed by atoms with Gasteiger partial charge in [-0.1, -0.05) is 0 Å². The van der Waals surface area contributed by atoms with Gasteiger partial charge in [-0.25, -0.2) is 4.79 Å². The lowest BCUT2D eigenvalue weighted by atomic mass is 10.2. The van der Waals surface area contributed by atoms with Crippen molar-refractivity contribution in [3.63, 3.8) is 0 Å². The molecule has 0 bridgehead atoms. The van der Waals surface area contributed by atoms with Crippen LogP contribution in [0, 0.1) is 6.92 Å². The minimum absolute atomic E-state index is 0.149. The second-order valence-corrected chi connectivity index (χ2v) is 5.11. The van der Waals surface area contributed by atoms with Crippen LogP contribution in [0.4, 0.5) is 5.69 Å². The van der Waals surface area contributed by atoms with E-state index in [4.69, 9.17) is 10.5 Å². The van der Waals surface area contributed by atoms with Gasteiger partial charge in [-0.3, -0.25) is 4.98 Å². The van der Waals surface area contributed by atoms with Crippen LogP contribution in [0.25, 0.3) is 0 Å². The fourth-order valence-electron chi connectivity index (χ4n) is 2.01. The summed E-state index contributed by atoms with van der Waals surface area (Å²) in [5, 5.41) is 0. The fraction of sp³-hybridized carbons (Fsp3) is 0.333. The summed E-state index contributed by atoms with van der Waals surface area (Å²) in [6, 6.07) is 3.72. The summed E-state index contributed by atoms with van der Waals surface area (Å²) in [7, 11) is 0. The van der Waals surface area contributed by atoms with E-state index in [1.165, 1.54) is 0 Å². The number of nitrogens with two attached hydrogens (primary N) is 1. The Hall–Kier alpha value is -2.30. The van der Waals surface area contributed by atoms with Crippen molar-refractivity contribution in [1.82, 2.24) is 9.55 Å². The van der Waals surface area contributed by atoms with Gasteiger partial charge in [-0.2, -0.15) is 0 Å². The van der Waals surface area contributed by atoms with E-state index in [0.717, 1.165) is 11.1 Å². The molecule has 0 saturated heterocycles. The van der Waals surface area contributed by atoms with E-state index < -0.39 is 0 Å². The van der Waals surface area contributed by atoms with Gasteiger partial charge in [0.05, 0.1) is 5.69 Å². The van der Waals surface area contributed by atoms with Gasteiger partial charge in [-0.15, -0.1) is 0 Å². The lowest BCUT2D eigenvalue weighted by molar-refractivity contribution is 0.0458. The van der Waals surface area contributed by atoms with E-state index in [1.807, 2.05) is 31.4 Å². The molecule has 2 aromatic heterocycles. The zero-order chi connectivity index (χ0) is 14.7. The number of rotatable bonds is 4. The molecule has 0 unspecified atom stereocenters. The van der Waals surface area contributed by atoms with Crippen molar-refractivity contribution in [2.45, 2.75) is 33.4 Å². The molecule has 2 aromatic rings. The van der Waals surface area contributed by atoms with Crippen LogP contribution in [0.3, 0.4) is 0 Å². The highest BCUT2D eigenvalue weighted by atomic mass is 16.5. The Morgan fingerprint density at radius 3 is 2.80 bits per heavy atom. The summed E-state index contributed by atoms with van der Waals surface area (Å²) in [5.41, 5.74) is 8.68. The van der Waals surface area contributed by atoms with Crippen LogP contribution in [-0.4, -0.2) is 15.5 Å². The van der Waals surface area contributed by atoms with Crippen molar-refractivity contribution in [1.29, 1.82) is 0 Å². The van der Waals surface area contributed by atoms with E-state index in [0.29, 0.717) is 11.4 Å². The maximum Gasteiger partial charge on any atom is 0.355 e. The number of esters is 1. The van der Waals surface area contributed by atoms with Gasteiger partial charge in [-0.05, 0) is 38.5 Å². The third-order valence-corrected chi connectivity index (χ3v) is 2.94. The molecule has 106 valence electrons. The molecule has 2 rings (SSSR count). The van der Waals surface area contributed by atoms with Gasteiger partial charge >= 0.3 is 5.97 Å². The standard InChI is InChI=1S/C15H19N3O2/c1-10(2)18-8-13(16)5-14(18)15(19)20-9-12-4-11(3)6-17-7-12/h4-8,10H,9,16H2,1-3H3. The molecular formula is C15H19N3O2. The number of anilines is 1. The third-order valence-electron chi connectivity index (χ3n) is 2.94. The molecule has 0 atom stereocenters. The van der Waals surface area contributed by atoms with Crippen molar-refractivity contribution < 1.29 is 9.53 Å². The van der Waals surface area contributed by atoms with E-state index in [1.54, 1.807) is 24.7 Å². The Kier molecular flexibility index (Phi) is 4.08. The van der Waals surface area contributed by atoms with Crippen molar-refractivity contribution in [3.8, 4) is 0 Å². The topological polar surface area (TPSA) is 70.1 Å². The Bertz CT molecular complexity index is 617. The number of aromatic nitrogens is 2. The molecule has 5 nitrogen and oxygen atoms in total. The van der Waals surface area contributed by atoms with E-state index >= 15 is 0 Å². The number of pyridine rings is 1. The third kappa shape index (κ3) is 3.17. The molecule has 0 aromatic carbocycles. The molecule has 2 heterocycles. The number of hydrogen-bond donors (Lipinski definition) is 1. The van der Waals surface area contributed by atoms with Gasteiger partial charge in [0.1, 0.15) is 12.3 Å². The molecule has 20 heavy (non-hydrogen) atoms. The normalized spacial score (nSPS) is 10.8. The predicted octanol–water partition coefficient (Wildman–Crippen LogP) is 2.71. The van der Waals surface area contributed by atoms with Gasteiger partial charge < -0.3 is 15.0 Å². The SMILES string of the molecule is Cc1cncc(COC(=O)c2cc(N)cn2C(C)C)c1. The molecule has 0 spiro atoms. The van der Waals surface area contributed by atoms with Gasteiger partial charge in [0.2, 0.25) is 0 Å². The molecular weight excluding hydrogens is 254 g/mol. The number of hydrogen-bond acceptors (Lipinski definition) is 4. The van der Waals surface area contributed by atoms with Crippen LogP contribution in [0.5, 0.6) is 0 Å². The largest absolute Gasteiger partial charge is 0.456 e. The monoisotopic (exact) mass is 273 g/mol. The summed E-state index contributed by atoms with van der Waals surface area (Å²) in [6.45, 7) is 6.13.